The highest BCUT2D eigenvalue weighted by molar-refractivity contribution is 7.99. The van der Waals surface area contributed by atoms with Crippen molar-refractivity contribution < 1.29 is 9.59 Å². The molecule has 0 aromatic heterocycles. The number of hydrogen-bond acceptors (Lipinski definition) is 3. The summed E-state index contributed by atoms with van der Waals surface area (Å²) in [4.78, 5) is 28.8. The van der Waals surface area contributed by atoms with Crippen LogP contribution in [0.2, 0.25) is 5.02 Å². The van der Waals surface area contributed by atoms with Crippen LogP contribution in [0.25, 0.3) is 0 Å². The van der Waals surface area contributed by atoms with Gasteiger partial charge in [-0.1, -0.05) is 55.8 Å². The van der Waals surface area contributed by atoms with Crippen molar-refractivity contribution in [2.75, 3.05) is 18.8 Å². The fourth-order valence-corrected chi connectivity index (χ4v) is 4.33. The second-order valence-corrected chi connectivity index (χ2v) is 9.05. The minimum atomic E-state index is -0.424. The van der Waals surface area contributed by atoms with Gasteiger partial charge in [-0.15, -0.1) is 11.8 Å². The summed E-state index contributed by atoms with van der Waals surface area (Å²) in [5.74, 6) is 0.839. The molecule has 4 nitrogen and oxygen atoms in total. The van der Waals surface area contributed by atoms with Crippen LogP contribution in [0.15, 0.2) is 59.5 Å². The Kier molecular flexibility index (Phi) is 11.5. The smallest absolute Gasteiger partial charge is 0.242 e. The topological polar surface area (TPSA) is 49.4 Å². The Balaban J connectivity index is 1.96. The molecule has 2 amide bonds. The van der Waals surface area contributed by atoms with Crippen LogP contribution < -0.4 is 5.32 Å². The van der Waals surface area contributed by atoms with Crippen LogP contribution in [-0.4, -0.2) is 41.6 Å². The predicted molar refractivity (Wildman–Crippen MR) is 131 cm³/mol. The van der Waals surface area contributed by atoms with E-state index in [1.54, 1.807) is 16.7 Å². The molecule has 0 aliphatic rings. The average Bonchev–Trinajstić information content (AvgIpc) is 2.79. The minimum Gasteiger partial charge on any atom is -0.354 e. The molecule has 0 saturated heterocycles. The van der Waals surface area contributed by atoms with E-state index in [4.69, 9.17) is 11.6 Å². The molecular formula is C25H33ClN2O2S. The molecule has 0 heterocycles. The third-order valence-corrected chi connectivity index (χ3v) is 6.39. The summed E-state index contributed by atoms with van der Waals surface area (Å²) >= 11 is 7.65. The molecule has 0 spiro atoms. The van der Waals surface area contributed by atoms with Crippen LogP contribution in [0.3, 0.4) is 0 Å². The number of hydrogen-bond donors (Lipinski definition) is 1. The van der Waals surface area contributed by atoms with Gasteiger partial charge in [-0.25, -0.2) is 0 Å². The maximum Gasteiger partial charge on any atom is 0.242 e. The lowest BCUT2D eigenvalue weighted by Crippen LogP contribution is -2.50. The van der Waals surface area contributed by atoms with Gasteiger partial charge in [0.25, 0.3) is 0 Å². The molecule has 31 heavy (non-hydrogen) atoms. The summed E-state index contributed by atoms with van der Waals surface area (Å²) in [6, 6.07) is 17.4. The monoisotopic (exact) mass is 460 g/mol. The second-order valence-electron chi connectivity index (χ2n) is 7.44. The summed E-state index contributed by atoms with van der Waals surface area (Å²) in [5, 5.41) is 3.69. The fraction of sp³-hybridized carbons (Fsp3) is 0.440. The molecule has 2 aromatic carbocycles. The first-order chi connectivity index (χ1) is 15.0. The predicted octanol–water partition coefficient (Wildman–Crippen LogP) is 5.59. The third-order valence-electron chi connectivity index (χ3n) is 5.04. The van der Waals surface area contributed by atoms with Gasteiger partial charge >= 0.3 is 0 Å². The molecule has 0 aliphatic heterocycles. The highest BCUT2D eigenvalue weighted by Gasteiger charge is 2.27. The molecule has 0 bridgehead atoms. The average molecular weight is 461 g/mol. The summed E-state index contributed by atoms with van der Waals surface area (Å²) in [7, 11) is 0. The molecule has 1 atom stereocenters. The number of halogens is 1. The van der Waals surface area contributed by atoms with Crippen molar-refractivity contribution >= 4 is 35.2 Å². The van der Waals surface area contributed by atoms with E-state index in [2.05, 4.69) is 17.4 Å². The number of nitrogens with one attached hydrogen (secondary N) is 1. The molecule has 1 N–H and O–H groups in total. The van der Waals surface area contributed by atoms with E-state index in [0.29, 0.717) is 25.9 Å². The number of thioether (sulfide) groups is 1. The van der Waals surface area contributed by atoms with E-state index in [-0.39, 0.29) is 11.8 Å². The number of nitrogens with zero attached hydrogens (tertiary/aromatic N) is 1. The van der Waals surface area contributed by atoms with E-state index >= 15 is 0 Å². The van der Waals surface area contributed by atoms with Gasteiger partial charge in [0, 0.05) is 29.4 Å². The molecular weight excluding hydrogens is 428 g/mol. The Morgan fingerprint density at radius 1 is 1.06 bits per heavy atom. The van der Waals surface area contributed by atoms with Gasteiger partial charge < -0.3 is 10.2 Å². The van der Waals surface area contributed by atoms with Gasteiger partial charge in [0.05, 0.1) is 0 Å². The normalized spacial score (nSPS) is 11.7. The maximum absolute atomic E-state index is 13.1. The standard InChI is InChI=1S/C25H33ClN2O2S/c1-3-17-27-25(30)23(4-2)28(18-16-20-9-6-5-7-10-20)24(29)11-8-19-31-22-14-12-21(26)13-15-22/h5-7,9-10,12-15,23H,3-4,8,11,16-19H2,1-2H3,(H,27,30)/t23-/m1/s1. The Morgan fingerprint density at radius 3 is 2.42 bits per heavy atom. The van der Waals surface area contributed by atoms with Gasteiger partial charge in [0.2, 0.25) is 11.8 Å². The SMILES string of the molecule is CCCNC(=O)[C@@H](CC)N(CCc1ccccc1)C(=O)CCCSc1ccc(Cl)cc1. The molecule has 0 aliphatic carbocycles. The lowest BCUT2D eigenvalue weighted by atomic mass is 10.1. The number of benzene rings is 2. The van der Waals surface area contributed by atoms with Crippen molar-refractivity contribution in [1.82, 2.24) is 10.2 Å². The second kappa shape index (κ2) is 14.2. The van der Waals surface area contributed by atoms with Crippen molar-refractivity contribution in [3.05, 3.63) is 65.2 Å². The van der Waals surface area contributed by atoms with Crippen LogP contribution in [0.4, 0.5) is 0 Å². The first-order valence-corrected chi connectivity index (χ1v) is 12.4. The van der Waals surface area contributed by atoms with E-state index in [0.717, 1.165) is 34.9 Å². The Hall–Kier alpha value is -1.98. The van der Waals surface area contributed by atoms with Gasteiger partial charge in [-0.05, 0) is 61.3 Å². The molecule has 0 fully saturated rings. The Labute approximate surface area is 195 Å². The zero-order valence-electron chi connectivity index (χ0n) is 18.5. The number of carbonyl (C=O) groups is 2. The first-order valence-electron chi connectivity index (χ1n) is 11.0. The van der Waals surface area contributed by atoms with Gasteiger partial charge in [0.15, 0.2) is 0 Å². The molecule has 0 radical (unpaired) electrons. The van der Waals surface area contributed by atoms with Crippen LogP contribution >= 0.6 is 23.4 Å². The van der Waals surface area contributed by atoms with E-state index in [9.17, 15) is 9.59 Å². The molecule has 2 aromatic rings. The fourth-order valence-electron chi connectivity index (χ4n) is 3.35. The van der Waals surface area contributed by atoms with Gasteiger partial charge in [0.1, 0.15) is 6.04 Å². The lowest BCUT2D eigenvalue weighted by molar-refractivity contribution is -0.140. The van der Waals surface area contributed by atoms with Crippen LogP contribution in [-0.2, 0) is 16.0 Å². The van der Waals surface area contributed by atoms with Gasteiger partial charge in [-0.3, -0.25) is 9.59 Å². The Bertz CT molecular complexity index is 799. The number of rotatable bonds is 13. The van der Waals surface area contributed by atoms with Crippen molar-refractivity contribution in [1.29, 1.82) is 0 Å². The van der Waals surface area contributed by atoms with Crippen LogP contribution in [0.5, 0.6) is 0 Å². The maximum atomic E-state index is 13.1. The zero-order chi connectivity index (χ0) is 22.5. The summed E-state index contributed by atoms with van der Waals surface area (Å²) < 4.78 is 0. The quantitative estimate of drug-likeness (QED) is 0.313. The van der Waals surface area contributed by atoms with E-state index < -0.39 is 6.04 Å². The Morgan fingerprint density at radius 2 is 1.77 bits per heavy atom. The minimum absolute atomic E-state index is 0.0473. The molecule has 6 heteroatoms. The van der Waals surface area contributed by atoms with Gasteiger partial charge in [-0.2, -0.15) is 0 Å². The highest BCUT2D eigenvalue weighted by Crippen LogP contribution is 2.22. The summed E-state index contributed by atoms with van der Waals surface area (Å²) in [5.41, 5.74) is 1.17. The van der Waals surface area contributed by atoms with Crippen molar-refractivity contribution in [3.63, 3.8) is 0 Å². The number of amides is 2. The molecule has 0 saturated carbocycles. The molecule has 0 unspecified atom stereocenters. The highest BCUT2D eigenvalue weighted by atomic mass is 35.5. The van der Waals surface area contributed by atoms with Crippen LogP contribution in [0.1, 0.15) is 45.1 Å². The molecule has 168 valence electrons. The van der Waals surface area contributed by atoms with Crippen LogP contribution in [0, 0.1) is 0 Å². The van der Waals surface area contributed by atoms with Crippen molar-refractivity contribution in [2.45, 2.75) is 56.9 Å². The largest absolute Gasteiger partial charge is 0.354 e. The van der Waals surface area contributed by atoms with E-state index in [1.807, 2.05) is 56.3 Å². The summed E-state index contributed by atoms with van der Waals surface area (Å²) in [6.07, 6.45) is 3.43. The van der Waals surface area contributed by atoms with Crippen molar-refractivity contribution in [3.8, 4) is 0 Å². The zero-order valence-corrected chi connectivity index (χ0v) is 20.1. The van der Waals surface area contributed by atoms with E-state index in [1.165, 1.54) is 5.56 Å². The lowest BCUT2D eigenvalue weighted by Gasteiger charge is -2.30. The summed E-state index contributed by atoms with van der Waals surface area (Å²) in [6.45, 7) is 5.17. The molecule has 2 rings (SSSR count). The van der Waals surface area contributed by atoms with Crippen molar-refractivity contribution in [2.24, 2.45) is 0 Å². The first kappa shape index (κ1) is 25.3. The third kappa shape index (κ3) is 8.96. The number of carbonyl (C=O) groups excluding carboxylic acids is 2.